The van der Waals surface area contributed by atoms with Crippen LogP contribution in [0.1, 0.15) is 22.0 Å². The highest BCUT2D eigenvalue weighted by molar-refractivity contribution is 14.1. The predicted molar refractivity (Wildman–Crippen MR) is 53.6 cm³/mol. The van der Waals surface area contributed by atoms with Gasteiger partial charge >= 0.3 is 0 Å². The van der Waals surface area contributed by atoms with Crippen LogP contribution >= 0.6 is 22.6 Å². The van der Waals surface area contributed by atoms with Crippen LogP contribution in [0.5, 0.6) is 0 Å². The summed E-state index contributed by atoms with van der Waals surface area (Å²) in [5.41, 5.74) is 2.00. The molecule has 0 saturated carbocycles. The maximum absolute atomic E-state index is 8.52. The molecule has 0 radical (unpaired) electrons. The quantitative estimate of drug-likeness (QED) is 0.560. The van der Waals surface area contributed by atoms with E-state index in [1.54, 1.807) is 0 Å². The van der Waals surface area contributed by atoms with Crippen molar-refractivity contribution in [2.24, 2.45) is 0 Å². The zero-order valence-electron chi connectivity index (χ0n) is 6.21. The van der Waals surface area contributed by atoms with Crippen molar-refractivity contribution < 1.29 is 0 Å². The molecule has 0 N–H and O–H groups in total. The van der Waals surface area contributed by atoms with Crippen LogP contribution in [0.4, 0.5) is 0 Å². The largest absolute Gasteiger partial charge is 0.192 e. The van der Waals surface area contributed by atoms with Gasteiger partial charge in [-0.2, -0.15) is 5.26 Å². The number of hydrogen-bond donors (Lipinski definition) is 0. The summed E-state index contributed by atoms with van der Waals surface area (Å²) in [6, 6.07) is 9.79. The van der Waals surface area contributed by atoms with Crippen LogP contribution in [0.25, 0.3) is 0 Å². The molecule has 0 aliphatic carbocycles. The fraction of sp³-hybridized carbons (Fsp3) is 0.222. The van der Waals surface area contributed by atoms with E-state index in [-0.39, 0.29) is 0 Å². The van der Waals surface area contributed by atoms with Crippen LogP contribution in [-0.2, 0) is 0 Å². The summed E-state index contributed by atoms with van der Waals surface area (Å²) >= 11 is 2.35. The van der Waals surface area contributed by atoms with Gasteiger partial charge in [-0.1, -0.05) is 34.7 Å². The molecule has 0 amide bonds. The van der Waals surface area contributed by atoms with E-state index in [1.165, 1.54) is 5.56 Å². The number of rotatable bonds is 1. The molecule has 0 bridgehead atoms. The highest BCUT2D eigenvalue weighted by Crippen LogP contribution is 2.21. The highest BCUT2D eigenvalue weighted by Gasteiger charge is 1.98. The Bertz CT molecular complexity index is 269. The van der Waals surface area contributed by atoms with Crippen molar-refractivity contribution in [2.75, 3.05) is 0 Å². The van der Waals surface area contributed by atoms with Crippen molar-refractivity contribution >= 4 is 22.6 Å². The Hall–Kier alpha value is -0.560. The normalized spacial score (nSPS) is 12.1. The number of hydrogen-bond acceptors (Lipinski definition) is 1. The van der Waals surface area contributed by atoms with Gasteiger partial charge in [-0.25, -0.2) is 0 Å². The van der Waals surface area contributed by atoms with Crippen LogP contribution in [0.3, 0.4) is 0 Å². The van der Waals surface area contributed by atoms with Crippen molar-refractivity contribution in [2.45, 2.75) is 10.8 Å². The lowest BCUT2D eigenvalue weighted by Crippen LogP contribution is -1.82. The van der Waals surface area contributed by atoms with Gasteiger partial charge in [0.05, 0.1) is 11.6 Å². The smallest absolute Gasteiger partial charge is 0.0991 e. The molecule has 0 saturated heterocycles. The number of halogens is 1. The second-order valence-corrected chi connectivity index (χ2v) is 4.22. The monoisotopic (exact) mass is 257 g/mol. The summed E-state index contributed by atoms with van der Waals surface area (Å²) in [6.45, 7) is 2.13. The minimum absolute atomic E-state index is 0.514. The van der Waals surface area contributed by atoms with Gasteiger partial charge in [-0.3, -0.25) is 0 Å². The molecular weight excluding hydrogens is 249 g/mol. The minimum atomic E-state index is 0.514. The second-order valence-electron chi connectivity index (χ2n) is 2.35. The van der Waals surface area contributed by atoms with Crippen molar-refractivity contribution in [3.8, 4) is 6.07 Å². The molecular formula is C9H8IN. The molecule has 1 aromatic carbocycles. The molecule has 0 aliphatic rings. The van der Waals surface area contributed by atoms with Gasteiger partial charge in [0.15, 0.2) is 0 Å². The first-order valence-corrected chi connectivity index (χ1v) is 4.62. The lowest BCUT2D eigenvalue weighted by Gasteiger charge is -2.01. The van der Waals surface area contributed by atoms with Gasteiger partial charge in [0.25, 0.3) is 0 Å². The Balaban J connectivity index is 2.94. The fourth-order valence-corrected chi connectivity index (χ4v) is 1.24. The Labute approximate surface area is 80.2 Å². The minimum Gasteiger partial charge on any atom is -0.192 e. The van der Waals surface area contributed by atoms with Crippen LogP contribution in [0.15, 0.2) is 24.3 Å². The third-order valence-corrected chi connectivity index (χ3v) is 2.22. The predicted octanol–water partition coefficient (Wildman–Crippen LogP) is 3.05. The maximum atomic E-state index is 8.52. The van der Waals surface area contributed by atoms with Crippen molar-refractivity contribution in [3.63, 3.8) is 0 Å². The maximum Gasteiger partial charge on any atom is 0.0991 e. The van der Waals surface area contributed by atoms with Gasteiger partial charge in [0.2, 0.25) is 0 Å². The third kappa shape index (κ3) is 2.19. The summed E-state index contributed by atoms with van der Waals surface area (Å²) in [5.74, 6) is 0. The summed E-state index contributed by atoms with van der Waals surface area (Å²) < 4.78 is 0.514. The first-order valence-electron chi connectivity index (χ1n) is 3.38. The third-order valence-electron chi connectivity index (χ3n) is 1.50. The van der Waals surface area contributed by atoms with Gasteiger partial charge in [0, 0.05) is 3.92 Å². The lowest BCUT2D eigenvalue weighted by atomic mass is 10.1. The molecule has 0 spiro atoms. The molecule has 0 aromatic heterocycles. The lowest BCUT2D eigenvalue weighted by molar-refractivity contribution is 1.15. The Morgan fingerprint density at radius 1 is 1.36 bits per heavy atom. The average molecular weight is 257 g/mol. The Morgan fingerprint density at radius 2 is 1.91 bits per heavy atom. The second kappa shape index (κ2) is 3.72. The van der Waals surface area contributed by atoms with Crippen LogP contribution in [0.2, 0.25) is 0 Å². The first-order chi connectivity index (χ1) is 5.24. The summed E-state index contributed by atoms with van der Waals surface area (Å²) in [4.78, 5) is 0. The summed E-state index contributed by atoms with van der Waals surface area (Å²) in [6.07, 6.45) is 0. The number of nitriles is 1. The molecule has 1 unspecified atom stereocenters. The van der Waals surface area contributed by atoms with Gasteiger partial charge in [0.1, 0.15) is 0 Å². The van der Waals surface area contributed by atoms with E-state index in [1.807, 2.05) is 24.3 Å². The molecule has 0 heterocycles. The topological polar surface area (TPSA) is 23.8 Å². The Morgan fingerprint density at radius 3 is 2.27 bits per heavy atom. The molecule has 1 aromatic rings. The van der Waals surface area contributed by atoms with Gasteiger partial charge in [-0.15, -0.1) is 0 Å². The van der Waals surface area contributed by atoms with Crippen LogP contribution in [-0.4, -0.2) is 0 Å². The van der Waals surface area contributed by atoms with E-state index in [9.17, 15) is 0 Å². The van der Waals surface area contributed by atoms with Crippen molar-refractivity contribution in [3.05, 3.63) is 35.4 Å². The number of benzene rings is 1. The van der Waals surface area contributed by atoms with E-state index in [0.717, 1.165) is 5.56 Å². The fourth-order valence-electron chi connectivity index (χ4n) is 0.823. The number of alkyl halides is 1. The van der Waals surface area contributed by atoms with Crippen LogP contribution in [0, 0.1) is 11.3 Å². The number of nitrogens with zero attached hydrogens (tertiary/aromatic N) is 1. The molecule has 0 aliphatic heterocycles. The van der Waals surface area contributed by atoms with E-state index in [4.69, 9.17) is 5.26 Å². The first kappa shape index (κ1) is 8.54. The van der Waals surface area contributed by atoms with E-state index >= 15 is 0 Å². The summed E-state index contributed by atoms with van der Waals surface area (Å²) in [5, 5.41) is 8.52. The molecule has 2 heteroatoms. The van der Waals surface area contributed by atoms with Gasteiger partial charge in [-0.05, 0) is 24.6 Å². The van der Waals surface area contributed by atoms with E-state index in [0.29, 0.717) is 3.92 Å². The standard InChI is InChI=1S/C9H8IN/c1-7(10)9-4-2-8(6-11)3-5-9/h2-5,7H,1H3. The van der Waals surface area contributed by atoms with E-state index in [2.05, 4.69) is 35.6 Å². The zero-order chi connectivity index (χ0) is 8.27. The molecule has 1 rings (SSSR count). The molecule has 1 atom stereocenters. The Kier molecular flexibility index (Phi) is 2.89. The van der Waals surface area contributed by atoms with Gasteiger partial charge < -0.3 is 0 Å². The molecule has 0 fully saturated rings. The zero-order valence-corrected chi connectivity index (χ0v) is 8.37. The van der Waals surface area contributed by atoms with Crippen molar-refractivity contribution in [1.29, 1.82) is 5.26 Å². The molecule has 11 heavy (non-hydrogen) atoms. The average Bonchev–Trinajstić information content (AvgIpc) is 2.05. The van der Waals surface area contributed by atoms with E-state index < -0.39 is 0 Å². The SMILES string of the molecule is CC(I)c1ccc(C#N)cc1. The summed E-state index contributed by atoms with van der Waals surface area (Å²) in [7, 11) is 0. The van der Waals surface area contributed by atoms with Crippen molar-refractivity contribution in [1.82, 2.24) is 0 Å². The highest BCUT2D eigenvalue weighted by atomic mass is 127. The molecule has 1 nitrogen and oxygen atoms in total. The molecule has 56 valence electrons. The van der Waals surface area contributed by atoms with Crippen LogP contribution < -0.4 is 0 Å².